The molecule has 3 rings (SSSR count). The lowest BCUT2D eigenvalue weighted by atomic mass is 10.1. The maximum atomic E-state index is 5.90. The van der Waals surface area contributed by atoms with Gasteiger partial charge in [0.1, 0.15) is 0 Å². The molecule has 0 bridgehead atoms. The SMILES string of the molecule is Cc1cnccc1-c1nc(Cl)nc2[nH]ncc12. The van der Waals surface area contributed by atoms with Gasteiger partial charge in [-0.3, -0.25) is 10.1 Å². The van der Waals surface area contributed by atoms with E-state index in [1.165, 1.54) is 0 Å². The molecule has 0 saturated heterocycles. The van der Waals surface area contributed by atoms with Gasteiger partial charge in [-0.15, -0.1) is 0 Å². The molecule has 0 atom stereocenters. The van der Waals surface area contributed by atoms with Gasteiger partial charge in [0.25, 0.3) is 0 Å². The number of fused-ring (bicyclic) bond motifs is 1. The highest BCUT2D eigenvalue weighted by atomic mass is 35.5. The molecular weight excluding hydrogens is 238 g/mol. The molecule has 0 amide bonds. The molecule has 0 spiro atoms. The van der Waals surface area contributed by atoms with Gasteiger partial charge in [0.15, 0.2) is 5.65 Å². The molecule has 0 aliphatic carbocycles. The van der Waals surface area contributed by atoms with Crippen LogP contribution in [0.3, 0.4) is 0 Å². The quantitative estimate of drug-likeness (QED) is 0.669. The maximum Gasteiger partial charge on any atom is 0.224 e. The molecule has 0 aliphatic heterocycles. The predicted octanol–water partition coefficient (Wildman–Crippen LogP) is 2.38. The summed E-state index contributed by atoms with van der Waals surface area (Å²) in [6.45, 7) is 1.98. The van der Waals surface area contributed by atoms with Crippen LogP contribution in [0.25, 0.3) is 22.3 Å². The Labute approximate surface area is 102 Å². The number of halogens is 1. The average molecular weight is 246 g/mol. The van der Waals surface area contributed by atoms with E-state index in [1.54, 1.807) is 18.6 Å². The van der Waals surface area contributed by atoms with E-state index in [0.717, 1.165) is 22.2 Å². The van der Waals surface area contributed by atoms with Crippen LogP contribution in [0.5, 0.6) is 0 Å². The molecule has 0 saturated carbocycles. The van der Waals surface area contributed by atoms with Gasteiger partial charge in [0, 0.05) is 18.0 Å². The van der Waals surface area contributed by atoms with Crippen LogP contribution in [0, 0.1) is 6.92 Å². The number of hydrogen-bond donors (Lipinski definition) is 1. The summed E-state index contributed by atoms with van der Waals surface area (Å²) in [6, 6.07) is 1.90. The Morgan fingerprint density at radius 1 is 1.24 bits per heavy atom. The minimum absolute atomic E-state index is 0.202. The first-order valence-corrected chi connectivity index (χ1v) is 5.41. The van der Waals surface area contributed by atoms with E-state index in [4.69, 9.17) is 11.6 Å². The molecule has 3 aromatic rings. The molecule has 0 unspecified atom stereocenters. The van der Waals surface area contributed by atoms with Crippen LogP contribution in [0.1, 0.15) is 5.56 Å². The zero-order valence-corrected chi connectivity index (χ0v) is 9.73. The highest BCUT2D eigenvalue weighted by Crippen LogP contribution is 2.27. The van der Waals surface area contributed by atoms with Crippen molar-refractivity contribution in [2.45, 2.75) is 6.92 Å². The van der Waals surface area contributed by atoms with Crippen molar-refractivity contribution in [1.82, 2.24) is 25.1 Å². The fourth-order valence-electron chi connectivity index (χ4n) is 1.75. The summed E-state index contributed by atoms with van der Waals surface area (Å²) in [4.78, 5) is 12.4. The van der Waals surface area contributed by atoms with E-state index in [0.29, 0.717) is 5.65 Å². The zero-order chi connectivity index (χ0) is 11.8. The van der Waals surface area contributed by atoms with Crippen LogP contribution in [0.4, 0.5) is 0 Å². The maximum absolute atomic E-state index is 5.90. The number of aromatic nitrogens is 5. The number of nitrogens with zero attached hydrogens (tertiary/aromatic N) is 4. The molecule has 0 aromatic carbocycles. The third-order valence-electron chi connectivity index (χ3n) is 2.56. The van der Waals surface area contributed by atoms with Crippen molar-refractivity contribution in [2.75, 3.05) is 0 Å². The molecule has 6 heteroatoms. The summed E-state index contributed by atoms with van der Waals surface area (Å²) in [5.41, 5.74) is 3.42. The third kappa shape index (κ3) is 1.64. The lowest BCUT2D eigenvalue weighted by molar-refractivity contribution is 1.09. The minimum atomic E-state index is 0.202. The van der Waals surface area contributed by atoms with Crippen molar-refractivity contribution in [3.05, 3.63) is 35.5 Å². The lowest BCUT2D eigenvalue weighted by Gasteiger charge is -2.05. The first kappa shape index (κ1) is 10.2. The Hall–Kier alpha value is -2.01. The van der Waals surface area contributed by atoms with Crippen LogP contribution in [-0.4, -0.2) is 25.1 Å². The third-order valence-corrected chi connectivity index (χ3v) is 2.73. The van der Waals surface area contributed by atoms with Crippen molar-refractivity contribution in [3.8, 4) is 11.3 Å². The predicted molar refractivity (Wildman–Crippen MR) is 64.7 cm³/mol. The Balaban J connectivity index is 2.37. The number of aryl methyl sites for hydroxylation is 1. The van der Waals surface area contributed by atoms with Crippen molar-refractivity contribution < 1.29 is 0 Å². The summed E-state index contributed by atoms with van der Waals surface area (Å²) in [5, 5.41) is 7.80. The number of H-pyrrole nitrogens is 1. The van der Waals surface area contributed by atoms with Gasteiger partial charge in [-0.05, 0) is 30.2 Å². The Morgan fingerprint density at radius 2 is 2.12 bits per heavy atom. The standard InChI is InChI=1S/C11H8ClN5/c1-6-4-13-3-2-7(6)9-8-5-14-17-10(8)16-11(12)15-9/h2-5H,1H3,(H,14,15,16,17). The largest absolute Gasteiger partial charge is 0.264 e. The highest BCUT2D eigenvalue weighted by Gasteiger charge is 2.12. The van der Waals surface area contributed by atoms with Crippen molar-refractivity contribution in [2.24, 2.45) is 0 Å². The molecule has 84 valence electrons. The Morgan fingerprint density at radius 3 is 2.94 bits per heavy atom. The lowest BCUT2D eigenvalue weighted by Crippen LogP contribution is -1.92. The topological polar surface area (TPSA) is 67.3 Å². The summed E-state index contributed by atoms with van der Waals surface area (Å²) in [6.07, 6.45) is 5.21. The molecule has 0 fully saturated rings. The van der Waals surface area contributed by atoms with Gasteiger partial charge in [-0.2, -0.15) is 10.1 Å². The molecule has 0 radical (unpaired) electrons. The normalized spacial score (nSPS) is 10.9. The van der Waals surface area contributed by atoms with Gasteiger partial charge < -0.3 is 0 Å². The molecule has 17 heavy (non-hydrogen) atoms. The van der Waals surface area contributed by atoms with Crippen LogP contribution >= 0.6 is 11.6 Å². The fraction of sp³-hybridized carbons (Fsp3) is 0.0909. The first-order chi connectivity index (χ1) is 8.25. The van der Waals surface area contributed by atoms with Gasteiger partial charge in [-0.25, -0.2) is 4.98 Å². The average Bonchev–Trinajstić information content (AvgIpc) is 2.76. The fourth-order valence-corrected chi connectivity index (χ4v) is 1.92. The number of rotatable bonds is 1. The number of pyridine rings is 1. The van der Waals surface area contributed by atoms with E-state index < -0.39 is 0 Å². The monoisotopic (exact) mass is 245 g/mol. The Kier molecular flexibility index (Phi) is 2.26. The van der Waals surface area contributed by atoms with Crippen LogP contribution < -0.4 is 0 Å². The molecule has 3 heterocycles. The second-order valence-electron chi connectivity index (χ2n) is 3.66. The van der Waals surface area contributed by atoms with Crippen LogP contribution in [0.2, 0.25) is 5.28 Å². The molecular formula is C11H8ClN5. The van der Waals surface area contributed by atoms with E-state index in [9.17, 15) is 0 Å². The van der Waals surface area contributed by atoms with Crippen molar-refractivity contribution in [3.63, 3.8) is 0 Å². The van der Waals surface area contributed by atoms with Gasteiger partial charge in [0.05, 0.1) is 17.3 Å². The van der Waals surface area contributed by atoms with E-state index in [-0.39, 0.29) is 5.28 Å². The number of nitrogens with one attached hydrogen (secondary N) is 1. The second-order valence-corrected chi connectivity index (χ2v) is 4.00. The van der Waals surface area contributed by atoms with Crippen LogP contribution in [0.15, 0.2) is 24.7 Å². The van der Waals surface area contributed by atoms with E-state index in [2.05, 4.69) is 25.1 Å². The van der Waals surface area contributed by atoms with Crippen molar-refractivity contribution in [1.29, 1.82) is 0 Å². The Bertz CT molecular complexity index is 691. The summed E-state index contributed by atoms with van der Waals surface area (Å²) in [5.74, 6) is 0. The molecule has 0 aliphatic rings. The molecule has 5 nitrogen and oxygen atoms in total. The van der Waals surface area contributed by atoms with E-state index in [1.807, 2.05) is 13.0 Å². The highest BCUT2D eigenvalue weighted by molar-refractivity contribution is 6.28. The zero-order valence-electron chi connectivity index (χ0n) is 8.98. The van der Waals surface area contributed by atoms with Crippen molar-refractivity contribution >= 4 is 22.6 Å². The summed E-state index contributed by atoms with van der Waals surface area (Å²) < 4.78 is 0. The molecule has 1 N–H and O–H groups in total. The van der Waals surface area contributed by atoms with Gasteiger partial charge >= 0.3 is 0 Å². The summed E-state index contributed by atoms with van der Waals surface area (Å²) >= 11 is 5.90. The van der Waals surface area contributed by atoms with Crippen LogP contribution in [-0.2, 0) is 0 Å². The number of aromatic amines is 1. The molecule has 3 aromatic heterocycles. The first-order valence-electron chi connectivity index (χ1n) is 5.03. The minimum Gasteiger partial charge on any atom is -0.264 e. The van der Waals surface area contributed by atoms with Gasteiger partial charge in [-0.1, -0.05) is 0 Å². The van der Waals surface area contributed by atoms with E-state index >= 15 is 0 Å². The smallest absolute Gasteiger partial charge is 0.224 e. The number of hydrogen-bond acceptors (Lipinski definition) is 4. The van der Waals surface area contributed by atoms with Gasteiger partial charge in [0.2, 0.25) is 5.28 Å². The second kappa shape index (κ2) is 3.78. The summed E-state index contributed by atoms with van der Waals surface area (Å²) in [7, 11) is 0.